The lowest BCUT2D eigenvalue weighted by Gasteiger charge is -2.15. The van der Waals surface area contributed by atoms with Gasteiger partial charge in [-0.1, -0.05) is 35.9 Å². The second-order valence-electron chi connectivity index (χ2n) is 6.91. The molecule has 0 saturated carbocycles. The van der Waals surface area contributed by atoms with Crippen LogP contribution in [0.4, 0.5) is 5.69 Å². The topological polar surface area (TPSA) is 96.5 Å². The van der Waals surface area contributed by atoms with Crippen LogP contribution in [0.3, 0.4) is 0 Å². The maximum Gasteiger partial charge on any atom is 0.279 e. The SMILES string of the molecule is Cc1ccc(O[C@H](C)C(=O)NNC(=O)c2ccc(NC(=O)c3ccccc3)cc2)cc1. The number of nitrogens with one attached hydrogen (secondary N) is 3. The monoisotopic (exact) mass is 417 g/mol. The van der Waals surface area contributed by atoms with Gasteiger partial charge in [-0.3, -0.25) is 25.2 Å². The van der Waals surface area contributed by atoms with Crippen LogP contribution in [0.25, 0.3) is 0 Å². The zero-order chi connectivity index (χ0) is 22.2. The molecule has 0 saturated heterocycles. The van der Waals surface area contributed by atoms with Crippen LogP contribution in [-0.2, 0) is 4.79 Å². The van der Waals surface area contributed by atoms with Crippen molar-refractivity contribution in [2.75, 3.05) is 5.32 Å². The lowest BCUT2D eigenvalue weighted by molar-refractivity contribution is -0.128. The Bertz CT molecular complexity index is 1050. The van der Waals surface area contributed by atoms with Gasteiger partial charge in [0, 0.05) is 16.8 Å². The van der Waals surface area contributed by atoms with Crippen molar-refractivity contribution in [3.8, 4) is 5.75 Å². The molecule has 0 bridgehead atoms. The molecular formula is C24H23N3O4. The summed E-state index contributed by atoms with van der Waals surface area (Å²) < 4.78 is 5.55. The lowest BCUT2D eigenvalue weighted by Crippen LogP contribution is -2.47. The van der Waals surface area contributed by atoms with Gasteiger partial charge in [-0.15, -0.1) is 0 Å². The van der Waals surface area contributed by atoms with E-state index < -0.39 is 17.9 Å². The Hall–Kier alpha value is -4.13. The summed E-state index contributed by atoms with van der Waals surface area (Å²) in [5.74, 6) is -0.655. The Morgan fingerprint density at radius 2 is 1.35 bits per heavy atom. The summed E-state index contributed by atoms with van der Waals surface area (Å²) in [6, 6.07) is 22.5. The van der Waals surface area contributed by atoms with E-state index in [0.29, 0.717) is 22.6 Å². The fourth-order valence-electron chi connectivity index (χ4n) is 2.66. The first-order valence-electron chi connectivity index (χ1n) is 9.72. The number of hydrogen-bond acceptors (Lipinski definition) is 4. The highest BCUT2D eigenvalue weighted by Gasteiger charge is 2.16. The molecule has 3 rings (SSSR count). The summed E-state index contributed by atoms with van der Waals surface area (Å²) in [6.45, 7) is 3.55. The molecule has 3 N–H and O–H groups in total. The number of rotatable bonds is 6. The molecule has 0 heterocycles. The predicted molar refractivity (Wildman–Crippen MR) is 118 cm³/mol. The van der Waals surface area contributed by atoms with E-state index in [0.717, 1.165) is 5.56 Å². The number of aryl methyl sites for hydroxylation is 1. The highest BCUT2D eigenvalue weighted by molar-refractivity contribution is 6.04. The Kier molecular flexibility index (Phi) is 7.01. The maximum absolute atomic E-state index is 12.3. The van der Waals surface area contributed by atoms with Gasteiger partial charge in [-0.25, -0.2) is 0 Å². The smallest absolute Gasteiger partial charge is 0.279 e. The van der Waals surface area contributed by atoms with Crippen molar-refractivity contribution in [2.24, 2.45) is 0 Å². The van der Waals surface area contributed by atoms with Crippen LogP contribution in [-0.4, -0.2) is 23.8 Å². The molecule has 3 amide bonds. The van der Waals surface area contributed by atoms with Gasteiger partial charge in [-0.05, 0) is 62.4 Å². The molecule has 0 unspecified atom stereocenters. The number of benzene rings is 3. The minimum atomic E-state index is -0.793. The highest BCUT2D eigenvalue weighted by atomic mass is 16.5. The second-order valence-corrected chi connectivity index (χ2v) is 6.91. The minimum Gasteiger partial charge on any atom is -0.481 e. The Morgan fingerprint density at radius 1 is 0.742 bits per heavy atom. The number of carbonyl (C=O) groups is 3. The van der Waals surface area contributed by atoms with Gasteiger partial charge in [-0.2, -0.15) is 0 Å². The highest BCUT2D eigenvalue weighted by Crippen LogP contribution is 2.14. The largest absolute Gasteiger partial charge is 0.481 e. The number of carbonyl (C=O) groups excluding carboxylic acids is 3. The number of anilines is 1. The first kappa shape index (κ1) is 21.6. The number of amides is 3. The van der Waals surface area contributed by atoms with E-state index in [9.17, 15) is 14.4 Å². The van der Waals surface area contributed by atoms with E-state index in [1.165, 1.54) is 0 Å². The summed E-state index contributed by atoms with van der Waals surface area (Å²) in [5.41, 5.74) is 7.20. The molecule has 1 atom stereocenters. The number of hydrazine groups is 1. The molecule has 7 nitrogen and oxygen atoms in total. The third kappa shape index (κ3) is 6.17. The molecule has 3 aromatic rings. The van der Waals surface area contributed by atoms with Crippen molar-refractivity contribution in [3.63, 3.8) is 0 Å². The van der Waals surface area contributed by atoms with E-state index in [1.807, 2.05) is 25.1 Å². The molecule has 0 aliphatic carbocycles. The van der Waals surface area contributed by atoms with Gasteiger partial charge in [0.25, 0.3) is 17.7 Å². The van der Waals surface area contributed by atoms with E-state index in [4.69, 9.17) is 4.74 Å². The van der Waals surface area contributed by atoms with Gasteiger partial charge in [0.1, 0.15) is 5.75 Å². The van der Waals surface area contributed by atoms with Crippen molar-refractivity contribution in [3.05, 3.63) is 95.6 Å². The fourth-order valence-corrected chi connectivity index (χ4v) is 2.66. The second kappa shape index (κ2) is 10.1. The zero-order valence-corrected chi connectivity index (χ0v) is 17.2. The first-order valence-corrected chi connectivity index (χ1v) is 9.72. The van der Waals surface area contributed by atoms with Crippen LogP contribution in [0, 0.1) is 6.92 Å². The molecule has 0 radical (unpaired) electrons. The summed E-state index contributed by atoms with van der Waals surface area (Å²) in [7, 11) is 0. The Labute approximate surface area is 180 Å². The van der Waals surface area contributed by atoms with Crippen LogP contribution < -0.4 is 20.9 Å². The van der Waals surface area contributed by atoms with Crippen molar-refractivity contribution < 1.29 is 19.1 Å². The lowest BCUT2D eigenvalue weighted by atomic mass is 10.1. The van der Waals surface area contributed by atoms with Gasteiger partial charge in [0.2, 0.25) is 0 Å². The molecule has 3 aromatic carbocycles. The predicted octanol–water partition coefficient (Wildman–Crippen LogP) is 3.48. The number of ether oxygens (including phenoxy) is 1. The normalized spacial score (nSPS) is 11.2. The van der Waals surface area contributed by atoms with Crippen molar-refractivity contribution in [2.45, 2.75) is 20.0 Å². The molecule has 0 aliphatic heterocycles. The fraction of sp³-hybridized carbons (Fsp3) is 0.125. The van der Waals surface area contributed by atoms with Crippen LogP contribution in [0.15, 0.2) is 78.9 Å². The summed E-state index contributed by atoms with van der Waals surface area (Å²) in [4.78, 5) is 36.6. The van der Waals surface area contributed by atoms with Gasteiger partial charge < -0.3 is 10.1 Å². The Morgan fingerprint density at radius 3 is 2.00 bits per heavy atom. The molecule has 0 aliphatic rings. The van der Waals surface area contributed by atoms with Gasteiger partial charge in [0.05, 0.1) is 0 Å². The third-order valence-corrected chi connectivity index (χ3v) is 4.44. The van der Waals surface area contributed by atoms with E-state index in [2.05, 4.69) is 16.2 Å². The molecule has 158 valence electrons. The zero-order valence-electron chi connectivity index (χ0n) is 17.2. The van der Waals surface area contributed by atoms with E-state index >= 15 is 0 Å². The standard InChI is InChI=1S/C24H23N3O4/c1-16-8-14-21(15-9-16)31-17(2)22(28)26-27-24(30)19-10-12-20(13-11-19)25-23(29)18-6-4-3-5-7-18/h3-15,17H,1-2H3,(H,25,29)(H,26,28)(H,27,30)/t17-/m1/s1. The molecule has 0 aromatic heterocycles. The van der Waals surface area contributed by atoms with Crippen molar-refractivity contribution in [1.82, 2.24) is 10.9 Å². The molecule has 0 fully saturated rings. The first-order chi connectivity index (χ1) is 14.9. The van der Waals surface area contributed by atoms with Crippen LogP contribution in [0.5, 0.6) is 5.75 Å². The van der Waals surface area contributed by atoms with Crippen molar-refractivity contribution in [1.29, 1.82) is 0 Å². The summed E-state index contributed by atoms with van der Waals surface area (Å²) in [6.07, 6.45) is -0.793. The van der Waals surface area contributed by atoms with Crippen molar-refractivity contribution >= 4 is 23.4 Å². The molecule has 31 heavy (non-hydrogen) atoms. The quantitative estimate of drug-likeness (QED) is 0.535. The third-order valence-electron chi connectivity index (χ3n) is 4.44. The van der Waals surface area contributed by atoms with Crippen LogP contribution in [0.1, 0.15) is 33.2 Å². The Balaban J connectivity index is 1.49. The molecular weight excluding hydrogens is 394 g/mol. The molecule has 0 spiro atoms. The summed E-state index contributed by atoms with van der Waals surface area (Å²) >= 11 is 0. The van der Waals surface area contributed by atoms with Crippen LogP contribution >= 0.6 is 0 Å². The minimum absolute atomic E-state index is 0.243. The van der Waals surface area contributed by atoms with Gasteiger partial charge >= 0.3 is 0 Å². The van der Waals surface area contributed by atoms with E-state index in [1.54, 1.807) is 67.6 Å². The van der Waals surface area contributed by atoms with Crippen LogP contribution in [0.2, 0.25) is 0 Å². The molecule has 7 heteroatoms. The average Bonchev–Trinajstić information content (AvgIpc) is 2.79. The number of hydrogen-bond donors (Lipinski definition) is 3. The van der Waals surface area contributed by atoms with Gasteiger partial charge in [0.15, 0.2) is 6.10 Å². The average molecular weight is 417 g/mol. The maximum atomic E-state index is 12.3. The van der Waals surface area contributed by atoms with E-state index in [-0.39, 0.29) is 5.91 Å². The summed E-state index contributed by atoms with van der Waals surface area (Å²) in [5, 5.41) is 2.76.